The van der Waals surface area contributed by atoms with E-state index in [1.807, 2.05) is 30.3 Å². The third-order valence-electron chi connectivity index (χ3n) is 3.97. The Morgan fingerprint density at radius 3 is 2.50 bits per heavy atom. The van der Waals surface area contributed by atoms with E-state index in [0.29, 0.717) is 6.61 Å². The zero-order valence-electron chi connectivity index (χ0n) is 11.8. The first-order valence-electron chi connectivity index (χ1n) is 7.09. The summed E-state index contributed by atoms with van der Waals surface area (Å²) in [5.74, 6) is 0.167. The van der Waals surface area contributed by atoms with E-state index < -0.39 is 0 Å². The van der Waals surface area contributed by atoms with Crippen LogP contribution in [0.15, 0.2) is 30.3 Å². The second kappa shape index (κ2) is 7.08. The lowest BCUT2D eigenvalue weighted by molar-refractivity contribution is -0.112. The van der Waals surface area contributed by atoms with E-state index in [-0.39, 0.29) is 18.1 Å². The Morgan fingerprint density at radius 1 is 1.25 bits per heavy atom. The number of aldehydes is 1. The molecule has 0 spiro atoms. The summed E-state index contributed by atoms with van der Waals surface area (Å²) in [6, 6.07) is 9.84. The number of carbonyl (C=O) groups excluding carboxylic acids is 2. The average molecular weight is 275 g/mol. The van der Waals surface area contributed by atoms with Crippen molar-refractivity contribution in [3.63, 3.8) is 0 Å². The number of carbonyl (C=O) groups is 2. The van der Waals surface area contributed by atoms with Crippen LogP contribution in [0.1, 0.15) is 31.2 Å². The maximum atomic E-state index is 12.0. The van der Waals surface area contributed by atoms with Crippen LogP contribution in [0.3, 0.4) is 0 Å². The van der Waals surface area contributed by atoms with Crippen LogP contribution >= 0.6 is 0 Å². The van der Waals surface area contributed by atoms with Crippen LogP contribution in [0, 0.1) is 5.92 Å². The Morgan fingerprint density at radius 2 is 1.90 bits per heavy atom. The van der Waals surface area contributed by atoms with Gasteiger partial charge < -0.3 is 14.4 Å². The second-order valence-electron chi connectivity index (χ2n) is 5.36. The Kier molecular flexibility index (Phi) is 5.16. The molecule has 0 saturated heterocycles. The van der Waals surface area contributed by atoms with E-state index in [2.05, 4.69) is 0 Å². The fourth-order valence-corrected chi connectivity index (χ4v) is 2.60. The molecule has 4 nitrogen and oxygen atoms in total. The summed E-state index contributed by atoms with van der Waals surface area (Å²) in [5.41, 5.74) is 0.985. The molecule has 1 aliphatic carbocycles. The van der Waals surface area contributed by atoms with E-state index in [1.165, 1.54) is 0 Å². The van der Waals surface area contributed by atoms with Crippen LogP contribution in [-0.4, -0.2) is 30.4 Å². The topological polar surface area (TPSA) is 46.6 Å². The maximum Gasteiger partial charge on any atom is 0.410 e. The number of hydrogen-bond acceptors (Lipinski definition) is 3. The molecule has 1 aromatic carbocycles. The Labute approximate surface area is 119 Å². The van der Waals surface area contributed by atoms with Crippen molar-refractivity contribution in [2.75, 3.05) is 7.05 Å². The van der Waals surface area contributed by atoms with Crippen molar-refractivity contribution >= 4 is 12.4 Å². The van der Waals surface area contributed by atoms with Crippen molar-refractivity contribution in [1.29, 1.82) is 0 Å². The monoisotopic (exact) mass is 275 g/mol. The summed E-state index contributed by atoms with van der Waals surface area (Å²) in [5, 5.41) is 0. The molecule has 0 unspecified atom stereocenters. The van der Waals surface area contributed by atoms with Crippen molar-refractivity contribution in [2.45, 2.75) is 38.3 Å². The average Bonchev–Trinajstić information content (AvgIpc) is 2.53. The molecule has 0 aliphatic heterocycles. The molecule has 0 atom stereocenters. The van der Waals surface area contributed by atoms with Gasteiger partial charge in [-0.2, -0.15) is 0 Å². The number of nitrogens with zero attached hydrogens (tertiary/aromatic N) is 1. The van der Waals surface area contributed by atoms with E-state index in [0.717, 1.165) is 37.5 Å². The number of hydrogen-bond donors (Lipinski definition) is 0. The van der Waals surface area contributed by atoms with Crippen LogP contribution in [0.25, 0.3) is 0 Å². The number of amides is 1. The normalized spacial score (nSPS) is 22.1. The predicted octanol–water partition coefficient (Wildman–Crippen LogP) is 3.01. The smallest absolute Gasteiger partial charge is 0.410 e. The number of benzene rings is 1. The van der Waals surface area contributed by atoms with Gasteiger partial charge in [-0.15, -0.1) is 0 Å². The van der Waals surface area contributed by atoms with Gasteiger partial charge in [-0.1, -0.05) is 30.3 Å². The first-order valence-corrected chi connectivity index (χ1v) is 7.09. The minimum atomic E-state index is -0.289. The largest absolute Gasteiger partial charge is 0.445 e. The third kappa shape index (κ3) is 3.83. The van der Waals surface area contributed by atoms with Gasteiger partial charge in [-0.3, -0.25) is 0 Å². The molecule has 1 aromatic rings. The zero-order chi connectivity index (χ0) is 14.4. The molecular formula is C16H21NO3. The second-order valence-corrected chi connectivity index (χ2v) is 5.36. The van der Waals surface area contributed by atoms with Crippen molar-refractivity contribution in [2.24, 2.45) is 5.92 Å². The van der Waals surface area contributed by atoms with Crippen LogP contribution in [-0.2, 0) is 16.1 Å². The van der Waals surface area contributed by atoms with Crippen LogP contribution in [0.4, 0.5) is 4.79 Å². The summed E-state index contributed by atoms with van der Waals surface area (Å²) < 4.78 is 5.31. The Bertz CT molecular complexity index is 438. The molecule has 20 heavy (non-hydrogen) atoms. The Balaban J connectivity index is 1.79. The summed E-state index contributed by atoms with van der Waals surface area (Å²) in [6.45, 7) is 0.299. The summed E-state index contributed by atoms with van der Waals surface area (Å²) in [7, 11) is 1.78. The van der Waals surface area contributed by atoms with Gasteiger partial charge in [0.25, 0.3) is 0 Å². The predicted molar refractivity (Wildman–Crippen MR) is 76.2 cm³/mol. The highest BCUT2D eigenvalue weighted by molar-refractivity contribution is 5.67. The van der Waals surface area contributed by atoms with Crippen molar-refractivity contribution in [3.05, 3.63) is 35.9 Å². The molecule has 1 fully saturated rings. The van der Waals surface area contributed by atoms with Gasteiger partial charge >= 0.3 is 6.09 Å². The molecular weight excluding hydrogens is 254 g/mol. The molecule has 0 N–H and O–H groups in total. The van der Waals surface area contributed by atoms with E-state index in [4.69, 9.17) is 4.74 Å². The lowest BCUT2D eigenvalue weighted by Gasteiger charge is -2.32. The molecule has 0 heterocycles. The van der Waals surface area contributed by atoms with Crippen molar-refractivity contribution in [3.8, 4) is 0 Å². The Hall–Kier alpha value is -1.84. The molecule has 1 amide bonds. The molecule has 4 heteroatoms. The highest BCUT2D eigenvalue weighted by Crippen LogP contribution is 2.26. The van der Waals surface area contributed by atoms with Gasteiger partial charge in [0.2, 0.25) is 0 Å². The van der Waals surface area contributed by atoms with Gasteiger partial charge in [0.15, 0.2) is 0 Å². The van der Waals surface area contributed by atoms with Gasteiger partial charge in [0.05, 0.1) is 0 Å². The zero-order valence-corrected chi connectivity index (χ0v) is 11.8. The summed E-state index contributed by atoms with van der Waals surface area (Å²) in [6.07, 6.45) is 4.22. The minimum absolute atomic E-state index is 0.167. The summed E-state index contributed by atoms with van der Waals surface area (Å²) in [4.78, 5) is 24.4. The SMILES string of the molecule is CN(C(=O)OCc1ccccc1)[C@H]1CC[C@H](C=O)CC1. The van der Waals surface area contributed by atoms with Gasteiger partial charge in [-0.25, -0.2) is 4.79 Å². The van der Waals surface area contributed by atoms with Crippen LogP contribution in [0.2, 0.25) is 0 Å². The molecule has 0 aromatic heterocycles. The number of ether oxygens (including phenoxy) is 1. The van der Waals surface area contributed by atoms with Crippen molar-refractivity contribution < 1.29 is 14.3 Å². The quantitative estimate of drug-likeness (QED) is 0.793. The highest BCUT2D eigenvalue weighted by Gasteiger charge is 2.26. The summed E-state index contributed by atoms with van der Waals surface area (Å²) >= 11 is 0. The lowest BCUT2D eigenvalue weighted by Crippen LogP contribution is -2.39. The fraction of sp³-hybridized carbons (Fsp3) is 0.500. The number of rotatable bonds is 4. The van der Waals surface area contributed by atoms with Gasteiger partial charge in [-0.05, 0) is 31.2 Å². The van der Waals surface area contributed by atoms with E-state index in [9.17, 15) is 9.59 Å². The third-order valence-corrected chi connectivity index (χ3v) is 3.97. The van der Waals surface area contributed by atoms with E-state index in [1.54, 1.807) is 11.9 Å². The van der Waals surface area contributed by atoms with Crippen LogP contribution < -0.4 is 0 Å². The minimum Gasteiger partial charge on any atom is -0.445 e. The van der Waals surface area contributed by atoms with Gasteiger partial charge in [0.1, 0.15) is 12.9 Å². The first-order chi connectivity index (χ1) is 9.70. The van der Waals surface area contributed by atoms with Crippen molar-refractivity contribution in [1.82, 2.24) is 4.90 Å². The van der Waals surface area contributed by atoms with Gasteiger partial charge in [0, 0.05) is 19.0 Å². The lowest BCUT2D eigenvalue weighted by atomic mass is 9.86. The first kappa shape index (κ1) is 14.6. The molecule has 1 saturated carbocycles. The fourth-order valence-electron chi connectivity index (χ4n) is 2.60. The molecule has 0 bridgehead atoms. The maximum absolute atomic E-state index is 12.0. The van der Waals surface area contributed by atoms with E-state index >= 15 is 0 Å². The molecule has 108 valence electrons. The molecule has 0 radical (unpaired) electrons. The van der Waals surface area contributed by atoms with Crippen LogP contribution in [0.5, 0.6) is 0 Å². The molecule has 2 rings (SSSR count). The standard InChI is InChI=1S/C16H21NO3/c1-17(15-9-7-13(11-18)8-10-15)16(19)20-12-14-5-3-2-4-6-14/h2-6,11,13,15H,7-10,12H2,1H3/t13-,15-. The molecule has 1 aliphatic rings. The highest BCUT2D eigenvalue weighted by atomic mass is 16.6.